The van der Waals surface area contributed by atoms with Gasteiger partial charge in [0.25, 0.3) is 11.6 Å². The van der Waals surface area contributed by atoms with Crippen LogP contribution < -0.4 is 5.73 Å². The van der Waals surface area contributed by atoms with Gasteiger partial charge >= 0.3 is 6.18 Å². The standard InChI is InChI=1S/C11H13F3N4O3/c1-6(2)17(5-11(12,13)14)10(19)8-3-7(18(20)21)4-16-9(8)15/h3-4,6H,5H2,1-2H3,(H2,15,16). The summed E-state index contributed by atoms with van der Waals surface area (Å²) in [7, 11) is 0. The lowest BCUT2D eigenvalue weighted by atomic mass is 10.2. The number of hydrogen-bond donors (Lipinski definition) is 1. The van der Waals surface area contributed by atoms with Gasteiger partial charge in [-0.3, -0.25) is 14.9 Å². The van der Waals surface area contributed by atoms with Crippen LogP contribution in [-0.2, 0) is 0 Å². The van der Waals surface area contributed by atoms with Crippen LogP contribution in [0.5, 0.6) is 0 Å². The second-order valence-electron chi connectivity index (χ2n) is 4.53. The van der Waals surface area contributed by atoms with Gasteiger partial charge in [0.05, 0.1) is 10.5 Å². The maximum Gasteiger partial charge on any atom is 0.406 e. The molecule has 0 bridgehead atoms. The molecule has 0 aromatic carbocycles. The number of nitrogens with zero attached hydrogens (tertiary/aromatic N) is 3. The van der Waals surface area contributed by atoms with Gasteiger partial charge in [0.15, 0.2) is 0 Å². The number of nitrogen functional groups attached to an aromatic ring is 1. The number of aromatic nitrogens is 1. The summed E-state index contributed by atoms with van der Waals surface area (Å²) < 4.78 is 37.5. The Kier molecular flexibility index (Phi) is 4.71. The van der Waals surface area contributed by atoms with Gasteiger partial charge in [-0.05, 0) is 13.8 Å². The zero-order chi connectivity index (χ0) is 16.4. The third kappa shape index (κ3) is 4.29. The Hall–Kier alpha value is -2.39. The highest BCUT2D eigenvalue weighted by molar-refractivity contribution is 5.99. The third-order valence-corrected chi connectivity index (χ3v) is 2.58. The lowest BCUT2D eigenvalue weighted by Gasteiger charge is -2.27. The van der Waals surface area contributed by atoms with E-state index in [0.717, 1.165) is 12.3 Å². The van der Waals surface area contributed by atoms with Crippen molar-refractivity contribution >= 4 is 17.4 Å². The van der Waals surface area contributed by atoms with Crippen molar-refractivity contribution in [2.45, 2.75) is 26.1 Å². The second-order valence-corrected chi connectivity index (χ2v) is 4.53. The fourth-order valence-corrected chi connectivity index (χ4v) is 1.57. The number of hydrogen-bond acceptors (Lipinski definition) is 5. The topological polar surface area (TPSA) is 102 Å². The number of nitro groups is 1. The quantitative estimate of drug-likeness (QED) is 0.677. The fourth-order valence-electron chi connectivity index (χ4n) is 1.57. The molecule has 1 aromatic heterocycles. The molecule has 7 nitrogen and oxygen atoms in total. The van der Waals surface area contributed by atoms with Crippen LogP contribution in [0.25, 0.3) is 0 Å². The highest BCUT2D eigenvalue weighted by Crippen LogP contribution is 2.23. The van der Waals surface area contributed by atoms with Gasteiger partial charge in [0.2, 0.25) is 0 Å². The van der Waals surface area contributed by atoms with Crippen molar-refractivity contribution in [3.8, 4) is 0 Å². The van der Waals surface area contributed by atoms with E-state index >= 15 is 0 Å². The molecule has 1 aromatic rings. The molecule has 116 valence electrons. The summed E-state index contributed by atoms with van der Waals surface area (Å²) in [5.41, 5.74) is 4.48. The molecule has 0 aliphatic carbocycles. The highest BCUT2D eigenvalue weighted by Gasteiger charge is 2.35. The summed E-state index contributed by atoms with van der Waals surface area (Å²) in [5.74, 6) is -1.42. The Balaban J connectivity index is 3.20. The third-order valence-electron chi connectivity index (χ3n) is 2.58. The van der Waals surface area contributed by atoms with Crippen molar-refractivity contribution < 1.29 is 22.9 Å². The SMILES string of the molecule is CC(C)N(CC(F)(F)F)C(=O)c1cc([N+](=O)[O-])cnc1N. The minimum Gasteiger partial charge on any atom is -0.383 e. The lowest BCUT2D eigenvalue weighted by molar-refractivity contribution is -0.385. The van der Waals surface area contributed by atoms with E-state index < -0.39 is 40.8 Å². The first-order chi connectivity index (χ1) is 9.53. The molecule has 0 saturated heterocycles. The van der Waals surface area contributed by atoms with Crippen LogP contribution in [0.3, 0.4) is 0 Å². The van der Waals surface area contributed by atoms with Crippen LogP contribution in [0.1, 0.15) is 24.2 Å². The van der Waals surface area contributed by atoms with Gasteiger partial charge in [0.1, 0.15) is 18.6 Å². The molecule has 0 aliphatic heterocycles. The van der Waals surface area contributed by atoms with Crippen molar-refractivity contribution in [2.75, 3.05) is 12.3 Å². The Labute approximate surface area is 117 Å². The average molecular weight is 306 g/mol. The van der Waals surface area contributed by atoms with Gasteiger partial charge in [-0.15, -0.1) is 0 Å². The Bertz CT molecular complexity index is 560. The minimum absolute atomic E-state index is 0.363. The van der Waals surface area contributed by atoms with Crippen LogP contribution in [0, 0.1) is 10.1 Å². The van der Waals surface area contributed by atoms with Crippen LogP contribution >= 0.6 is 0 Å². The number of anilines is 1. The summed E-state index contributed by atoms with van der Waals surface area (Å²) in [6.07, 6.45) is -3.77. The zero-order valence-corrected chi connectivity index (χ0v) is 11.2. The van der Waals surface area contributed by atoms with Crippen molar-refractivity contribution in [2.24, 2.45) is 0 Å². The summed E-state index contributed by atoms with van der Waals surface area (Å²) in [4.78, 5) is 26.0. The van der Waals surface area contributed by atoms with Crippen molar-refractivity contribution in [3.05, 3.63) is 27.9 Å². The predicted molar refractivity (Wildman–Crippen MR) is 67.5 cm³/mol. The molecule has 0 fully saturated rings. The van der Waals surface area contributed by atoms with Gasteiger partial charge in [-0.25, -0.2) is 4.98 Å². The van der Waals surface area contributed by atoms with E-state index in [4.69, 9.17) is 5.73 Å². The van der Waals surface area contributed by atoms with E-state index in [2.05, 4.69) is 4.98 Å². The van der Waals surface area contributed by atoms with Crippen molar-refractivity contribution in [3.63, 3.8) is 0 Å². The molecule has 1 amide bonds. The number of rotatable bonds is 4. The largest absolute Gasteiger partial charge is 0.406 e. The van der Waals surface area contributed by atoms with E-state index in [1.165, 1.54) is 13.8 Å². The number of nitrogens with two attached hydrogens (primary N) is 1. The Morgan fingerprint density at radius 2 is 2.10 bits per heavy atom. The first-order valence-corrected chi connectivity index (χ1v) is 5.80. The summed E-state index contributed by atoms with van der Waals surface area (Å²) in [6.45, 7) is 1.31. The van der Waals surface area contributed by atoms with Crippen LogP contribution in [0.4, 0.5) is 24.7 Å². The van der Waals surface area contributed by atoms with Gasteiger partial charge < -0.3 is 10.6 Å². The number of amides is 1. The smallest absolute Gasteiger partial charge is 0.383 e. The molecule has 1 rings (SSSR count). The number of halogens is 3. The number of carbonyl (C=O) groups excluding carboxylic acids is 1. The predicted octanol–water partition coefficient (Wildman–Crippen LogP) is 1.98. The minimum atomic E-state index is -4.59. The Morgan fingerprint density at radius 1 is 1.52 bits per heavy atom. The molecular formula is C11H13F3N4O3. The van der Waals surface area contributed by atoms with E-state index in [0.29, 0.717) is 4.90 Å². The maximum absolute atomic E-state index is 12.5. The highest BCUT2D eigenvalue weighted by atomic mass is 19.4. The summed E-state index contributed by atoms with van der Waals surface area (Å²) >= 11 is 0. The van der Waals surface area contributed by atoms with Crippen molar-refractivity contribution in [1.29, 1.82) is 0 Å². The second kappa shape index (κ2) is 5.94. The molecule has 0 saturated carbocycles. The Morgan fingerprint density at radius 3 is 2.52 bits per heavy atom. The van der Waals surface area contributed by atoms with Crippen LogP contribution in [0.15, 0.2) is 12.3 Å². The molecule has 0 atom stereocenters. The van der Waals surface area contributed by atoms with E-state index in [1.54, 1.807) is 0 Å². The van der Waals surface area contributed by atoms with E-state index in [-0.39, 0.29) is 5.82 Å². The van der Waals surface area contributed by atoms with Crippen LogP contribution in [-0.4, -0.2) is 39.5 Å². The normalized spacial score (nSPS) is 11.5. The molecule has 2 N–H and O–H groups in total. The first kappa shape index (κ1) is 16.7. The number of alkyl halides is 3. The van der Waals surface area contributed by atoms with Gasteiger partial charge in [-0.2, -0.15) is 13.2 Å². The molecule has 0 unspecified atom stereocenters. The maximum atomic E-state index is 12.5. The average Bonchev–Trinajstić information content (AvgIpc) is 2.34. The summed E-state index contributed by atoms with van der Waals surface area (Å²) in [5, 5.41) is 10.6. The molecule has 21 heavy (non-hydrogen) atoms. The van der Waals surface area contributed by atoms with E-state index in [1.807, 2.05) is 0 Å². The molecular weight excluding hydrogens is 293 g/mol. The van der Waals surface area contributed by atoms with Crippen LogP contribution in [0.2, 0.25) is 0 Å². The first-order valence-electron chi connectivity index (χ1n) is 5.80. The number of pyridine rings is 1. The zero-order valence-electron chi connectivity index (χ0n) is 11.2. The van der Waals surface area contributed by atoms with Crippen molar-refractivity contribution in [1.82, 2.24) is 9.88 Å². The van der Waals surface area contributed by atoms with Gasteiger partial charge in [-0.1, -0.05) is 0 Å². The lowest BCUT2D eigenvalue weighted by Crippen LogP contribution is -2.43. The van der Waals surface area contributed by atoms with E-state index in [9.17, 15) is 28.1 Å². The number of carbonyl (C=O) groups is 1. The molecule has 0 spiro atoms. The van der Waals surface area contributed by atoms with Gasteiger partial charge in [0, 0.05) is 12.1 Å². The monoisotopic (exact) mass is 306 g/mol. The fraction of sp³-hybridized carbons (Fsp3) is 0.455. The molecule has 0 radical (unpaired) electrons. The molecule has 0 aliphatic rings. The summed E-state index contributed by atoms with van der Waals surface area (Å²) in [6, 6.07) is 0.0500. The molecule has 1 heterocycles. The molecule has 10 heteroatoms.